The van der Waals surface area contributed by atoms with Gasteiger partial charge in [-0.15, -0.1) is 0 Å². The molecule has 2 fully saturated rings. The molecule has 2 aliphatic rings. The van der Waals surface area contributed by atoms with Gasteiger partial charge >= 0.3 is 0 Å². The van der Waals surface area contributed by atoms with Gasteiger partial charge in [0.25, 0.3) is 5.91 Å². The number of piperidine rings is 1. The number of nitrogens with one attached hydrogen (secondary N) is 2. The van der Waals surface area contributed by atoms with Crippen LogP contribution in [0.25, 0.3) is 6.08 Å². The molecule has 1 atom stereocenters. The Morgan fingerprint density at radius 3 is 2.85 bits per heavy atom. The highest BCUT2D eigenvalue weighted by Crippen LogP contribution is 2.24. The Labute approximate surface area is 204 Å². The number of rotatable bonds is 8. The molecule has 1 amide bonds. The molecule has 0 spiro atoms. The summed E-state index contributed by atoms with van der Waals surface area (Å²) in [4.78, 5) is 24.0. The van der Waals surface area contributed by atoms with E-state index in [9.17, 15) is 9.18 Å². The molecule has 34 heavy (non-hydrogen) atoms. The molecule has 182 valence electrons. The Kier molecular flexibility index (Phi) is 8.87. The third-order valence-electron chi connectivity index (χ3n) is 5.94. The van der Waals surface area contributed by atoms with Gasteiger partial charge in [0.15, 0.2) is 6.29 Å². The van der Waals surface area contributed by atoms with Gasteiger partial charge in [0.1, 0.15) is 11.6 Å². The van der Waals surface area contributed by atoms with Crippen molar-refractivity contribution in [2.24, 2.45) is 0 Å². The third kappa shape index (κ3) is 7.50. The molecule has 1 aromatic heterocycles. The highest BCUT2D eigenvalue weighted by atomic mass is 35.5. The van der Waals surface area contributed by atoms with Crippen molar-refractivity contribution >= 4 is 29.4 Å². The van der Waals surface area contributed by atoms with Crippen molar-refractivity contribution in [3.05, 3.63) is 64.6 Å². The molecule has 0 radical (unpaired) electrons. The average molecular weight is 489 g/mol. The van der Waals surface area contributed by atoms with Gasteiger partial charge < -0.3 is 10.1 Å². The summed E-state index contributed by atoms with van der Waals surface area (Å²) in [7, 11) is 0. The predicted molar refractivity (Wildman–Crippen MR) is 129 cm³/mol. The lowest BCUT2D eigenvalue weighted by atomic mass is 10.0. The first-order valence-corrected chi connectivity index (χ1v) is 12.1. The minimum absolute atomic E-state index is 0.198. The van der Waals surface area contributed by atoms with Gasteiger partial charge in [0.2, 0.25) is 0 Å². The molecule has 1 aromatic carbocycles. The Bertz CT molecular complexity index is 992. The van der Waals surface area contributed by atoms with E-state index in [1.807, 2.05) is 6.07 Å². The number of carbonyl (C=O) groups is 1. The number of benzene rings is 1. The quantitative estimate of drug-likeness (QED) is 0.420. The van der Waals surface area contributed by atoms with E-state index in [0.717, 1.165) is 57.3 Å². The molecule has 2 N–H and O–H groups in total. The van der Waals surface area contributed by atoms with Crippen LogP contribution < -0.4 is 10.8 Å². The second kappa shape index (κ2) is 12.3. The lowest BCUT2D eigenvalue weighted by Gasteiger charge is -2.32. The molecular formula is C25H30ClFN4O3. The largest absolute Gasteiger partial charge is 0.366 e. The Hall–Kier alpha value is -2.52. The lowest BCUT2D eigenvalue weighted by Crippen LogP contribution is -2.38. The number of anilines is 1. The van der Waals surface area contributed by atoms with Gasteiger partial charge in [0.05, 0.1) is 5.02 Å². The molecule has 0 bridgehead atoms. The van der Waals surface area contributed by atoms with Crippen LogP contribution in [0.15, 0.2) is 42.6 Å². The van der Waals surface area contributed by atoms with Crippen LogP contribution in [0.2, 0.25) is 5.02 Å². The summed E-state index contributed by atoms with van der Waals surface area (Å²) < 4.78 is 18.8. The van der Waals surface area contributed by atoms with Crippen molar-refractivity contribution in [1.29, 1.82) is 0 Å². The highest BCUT2D eigenvalue weighted by Gasteiger charge is 2.20. The summed E-state index contributed by atoms with van der Waals surface area (Å²) >= 11 is 6.43. The minimum atomic E-state index is -0.388. The van der Waals surface area contributed by atoms with Crippen LogP contribution in [-0.4, -0.2) is 47.8 Å². The maximum Gasteiger partial charge on any atom is 0.267 e. The predicted octanol–water partition coefficient (Wildman–Crippen LogP) is 4.54. The van der Waals surface area contributed by atoms with Crippen LogP contribution in [0.1, 0.15) is 43.2 Å². The number of pyridine rings is 1. The molecule has 0 aliphatic carbocycles. The summed E-state index contributed by atoms with van der Waals surface area (Å²) in [5.74, 6) is 0.0539. The number of likely N-dealkylation sites (tertiary alicyclic amines) is 1. The van der Waals surface area contributed by atoms with Crippen LogP contribution in [0.5, 0.6) is 0 Å². The first-order chi connectivity index (χ1) is 16.5. The van der Waals surface area contributed by atoms with Crippen molar-refractivity contribution in [3.8, 4) is 0 Å². The lowest BCUT2D eigenvalue weighted by molar-refractivity contribution is -0.198. The number of hydrogen-bond donors (Lipinski definition) is 2. The van der Waals surface area contributed by atoms with E-state index in [1.165, 1.54) is 12.1 Å². The highest BCUT2D eigenvalue weighted by molar-refractivity contribution is 6.33. The molecule has 2 aromatic rings. The number of hydrogen-bond acceptors (Lipinski definition) is 6. The summed E-state index contributed by atoms with van der Waals surface area (Å²) in [5.41, 5.74) is 4.09. The average Bonchev–Trinajstić information content (AvgIpc) is 2.85. The summed E-state index contributed by atoms with van der Waals surface area (Å²) in [6.07, 6.45) is 8.98. The molecule has 7 nitrogen and oxygen atoms in total. The van der Waals surface area contributed by atoms with Crippen LogP contribution in [0.4, 0.5) is 10.2 Å². The normalized spacial score (nSPS) is 19.9. The number of nitrogens with zero attached hydrogens (tertiary/aromatic N) is 2. The zero-order valence-electron chi connectivity index (χ0n) is 19.0. The first kappa shape index (κ1) is 24.6. The number of ether oxygens (including phenoxy) is 1. The van der Waals surface area contributed by atoms with E-state index in [1.54, 1.807) is 30.5 Å². The molecule has 3 heterocycles. The van der Waals surface area contributed by atoms with Gasteiger partial charge in [-0.25, -0.2) is 19.7 Å². The Balaban J connectivity index is 1.21. The van der Waals surface area contributed by atoms with E-state index < -0.39 is 0 Å². The number of halogens is 2. The number of carbonyl (C=O) groups excluding carboxylic acids is 1. The maximum absolute atomic E-state index is 13.4. The Morgan fingerprint density at radius 2 is 2.12 bits per heavy atom. The van der Waals surface area contributed by atoms with E-state index in [0.29, 0.717) is 23.0 Å². The first-order valence-electron chi connectivity index (χ1n) is 11.7. The van der Waals surface area contributed by atoms with Crippen LogP contribution in [0, 0.1) is 5.82 Å². The van der Waals surface area contributed by atoms with Gasteiger partial charge in [-0.2, -0.15) is 0 Å². The summed E-state index contributed by atoms with van der Waals surface area (Å²) in [6.45, 7) is 3.22. The number of amides is 1. The fourth-order valence-electron chi connectivity index (χ4n) is 4.11. The molecule has 0 saturated carbocycles. The molecule has 2 saturated heterocycles. The van der Waals surface area contributed by atoms with Crippen molar-refractivity contribution in [2.75, 3.05) is 25.0 Å². The zero-order valence-corrected chi connectivity index (χ0v) is 19.8. The zero-order chi connectivity index (χ0) is 23.8. The second-order valence-electron chi connectivity index (χ2n) is 8.64. The van der Waals surface area contributed by atoms with Gasteiger partial charge in [-0.1, -0.05) is 23.7 Å². The van der Waals surface area contributed by atoms with Gasteiger partial charge in [-0.05, 0) is 61.1 Å². The maximum atomic E-state index is 13.4. The summed E-state index contributed by atoms with van der Waals surface area (Å²) in [6, 6.07) is 8.79. The van der Waals surface area contributed by atoms with E-state index in [2.05, 4.69) is 20.7 Å². The van der Waals surface area contributed by atoms with E-state index >= 15 is 0 Å². The van der Waals surface area contributed by atoms with Crippen LogP contribution in [-0.2, 0) is 20.9 Å². The SMILES string of the molecule is O=C(/C=C/c1cnc(NC2CCN(Cc3cccc(F)c3)CC2)c(Cl)c1)NOC1CCCCO1. The fourth-order valence-corrected chi connectivity index (χ4v) is 4.34. The van der Waals surface area contributed by atoms with E-state index in [4.69, 9.17) is 21.2 Å². The summed E-state index contributed by atoms with van der Waals surface area (Å²) in [5, 5.41) is 3.92. The molecular weight excluding hydrogens is 459 g/mol. The van der Waals surface area contributed by atoms with Crippen LogP contribution in [0.3, 0.4) is 0 Å². The third-order valence-corrected chi connectivity index (χ3v) is 6.23. The Morgan fingerprint density at radius 1 is 1.26 bits per heavy atom. The smallest absolute Gasteiger partial charge is 0.267 e. The van der Waals surface area contributed by atoms with Crippen molar-refractivity contribution in [2.45, 2.75) is 51.0 Å². The monoisotopic (exact) mass is 488 g/mol. The number of hydroxylamine groups is 1. The van der Waals surface area contributed by atoms with Crippen molar-refractivity contribution in [1.82, 2.24) is 15.4 Å². The van der Waals surface area contributed by atoms with Crippen LogP contribution >= 0.6 is 11.6 Å². The fraction of sp³-hybridized carbons (Fsp3) is 0.440. The molecule has 2 aliphatic heterocycles. The van der Waals surface area contributed by atoms with Gasteiger partial charge in [-0.3, -0.25) is 9.69 Å². The molecule has 1 unspecified atom stereocenters. The molecule has 9 heteroatoms. The van der Waals surface area contributed by atoms with Crippen molar-refractivity contribution < 1.29 is 18.8 Å². The standard InChI is InChI=1S/C25H30ClFN4O3/c26-22-15-18(7-8-23(32)30-34-24-6-1-2-13-33-24)16-28-25(22)29-21-9-11-31(12-10-21)17-19-4-3-5-20(27)14-19/h3-5,7-8,14-16,21,24H,1-2,6,9-13,17H2,(H,28,29)(H,30,32)/b8-7+. The van der Waals surface area contributed by atoms with Crippen molar-refractivity contribution in [3.63, 3.8) is 0 Å². The van der Waals surface area contributed by atoms with E-state index in [-0.39, 0.29) is 24.1 Å². The number of aromatic nitrogens is 1. The second-order valence-corrected chi connectivity index (χ2v) is 9.04. The minimum Gasteiger partial charge on any atom is -0.366 e. The van der Waals surface area contributed by atoms with Gasteiger partial charge in [0, 0.05) is 51.0 Å². The molecule has 4 rings (SSSR count). The topological polar surface area (TPSA) is 75.7 Å².